The summed E-state index contributed by atoms with van der Waals surface area (Å²) >= 11 is -0.0724. The number of fused-ring (bicyclic) bond motifs is 1. The molecular formula is C9H10N4OSe. The molecule has 5 nitrogen and oxygen atoms in total. The van der Waals surface area contributed by atoms with Gasteiger partial charge in [0.05, 0.1) is 0 Å². The molecule has 2 rings (SSSR count). The molecule has 0 bridgehead atoms. The molecule has 0 atom stereocenters. The number of carbonyl (C=O) groups is 1. The Kier molecular flexibility index (Phi) is 3.11. The van der Waals surface area contributed by atoms with Crippen molar-refractivity contribution in [3.63, 3.8) is 0 Å². The molecule has 0 unspecified atom stereocenters. The standard InChI is InChI=1S/C9H10N4OSe/c10-5-4-8(14)11-6-2-1-3-7-9(6)13-15-12-7/h1-3H,4-5,10H2,(H,11,14). The Morgan fingerprint density at radius 2 is 2.33 bits per heavy atom. The van der Waals surface area contributed by atoms with Gasteiger partial charge in [-0.2, -0.15) is 0 Å². The Morgan fingerprint density at radius 1 is 1.47 bits per heavy atom. The molecule has 6 heteroatoms. The van der Waals surface area contributed by atoms with E-state index in [4.69, 9.17) is 5.73 Å². The number of amides is 1. The van der Waals surface area contributed by atoms with Gasteiger partial charge in [0.15, 0.2) is 0 Å². The van der Waals surface area contributed by atoms with E-state index < -0.39 is 0 Å². The molecule has 0 saturated heterocycles. The molecular weight excluding hydrogens is 259 g/mol. The van der Waals surface area contributed by atoms with Crippen molar-refractivity contribution in [2.75, 3.05) is 11.9 Å². The number of benzene rings is 1. The number of aromatic nitrogens is 2. The quantitative estimate of drug-likeness (QED) is 0.767. The van der Waals surface area contributed by atoms with Crippen LogP contribution in [0.15, 0.2) is 18.2 Å². The summed E-state index contributed by atoms with van der Waals surface area (Å²) in [5, 5.41) is 2.78. The van der Waals surface area contributed by atoms with Gasteiger partial charge in [0.25, 0.3) is 0 Å². The number of nitrogens with one attached hydrogen (secondary N) is 1. The minimum absolute atomic E-state index is 0.0724. The molecule has 3 N–H and O–H groups in total. The molecule has 0 saturated carbocycles. The van der Waals surface area contributed by atoms with Gasteiger partial charge in [0, 0.05) is 0 Å². The molecule has 78 valence electrons. The second kappa shape index (κ2) is 4.53. The number of hydrogen-bond donors (Lipinski definition) is 2. The maximum absolute atomic E-state index is 11.4. The van der Waals surface area contributed by atoms with Gasteiger partial charge in [0.1, 0.15) is 0 Å². The van der Waals surface area contributed by atoms with Crippen LogP contribution in [0.4, 0.5) is 5.69 Å². The van der Waals surface area contributed by atoms with E-state index in [1.165, 1.54) is 0 Å². The van der Waals surface area contributed by atoms with Crippen molar-refractivity contribution in [3.05, 3.63) is 18.2 Å². The van der Waals surface area contributed by atoms with Crippen LogP contribution in [0.25, 0.3) is 11.0 Å². The summed E-state index contributed by atoms with van der Waals surface area (Å²) in [4.78, 5) is 11.4. The van der Waals surface area contributed by atoms with E-state index in [1.54, 1.807) is 0 Å². The van der Waals surface area contributed by atoms with Gasteiger partial charge < -0.3 is 0 Å². The van der Waals surface area contributed by atoms with Gasteiger partial charge in [0.2, 0.25) is 0 Å². The zero-order chi connectivity index (χ0) is 10.7. The van der Waals surface area contributed by atoms with Crippen LogP contribution in [0.3, 0.4) is 0 Å². The Hall–Kier alpha value is -1.23. The number of carbonyl (C=O) groups excluding carboxylic acids is 1. The van der Waals surface area contributed by atoms with Crippen LogP contribution in [0.2, 0.25) is 0 Å². The molecule has 1 heterocycles. The van der Waals surface area contributed by atoms with E-state index in [0.717, 1.165) is 16.7 Å². The summed E-state index contributed by atoms with van der Waals surface area (Å²) < 4.78 is 8.50. The number of nitrogens with two attached hydrogens (primary N) is 1. The van der Waals surface area contributed by atoms with E-state index in [-0.39, 0.29) is 20.9 Å². The van der Waals surface area contributed by atoms with Crippen LogP contribution in [0.1, 0.15) is 6.42 Å². The number of nitrogens with zero attached hydrogens (tertiary/aromatic N) is 2. The van der Waals surface area contributed by atoms with Crippen LogP contribution >= 0.6 is 0 Å². The average molecular weight is 269 g/mol. The summed E-state index contributed by atoms with van der Waals surface area (Å²) in [5.74, 6) is -0.0829. The van der Waals surface area contributed by atoms with Crippen molar-refractivity contribution in [1.29, 1.82) is 0 Å². The fraction of sp³-hybridized carbons (Fsp3) is 0.222. The Balaban J connectivity index is 2.27. The Bertz CT molecular complexity index is 482. The van der Waals surface area contributed by atoms with Crippen molar-refractivity contribution in [2.24, 2.45) is 5.73 Å². The molecule has 0 aliphatic carbocycles. The summed E-state index contributed by atoms with van der Waals surface area (Å²) in [6.07, 6.45) is 0.325. The van der Waals surface area contributed by atoms with E-state index >= 15 is 0 Å². The third-order valence-corrected chi connectivity index (χ3v) is 3.07. The van der Waals surface area contributed by atoms with E-state index in [0.29, 0.717) is 13.0 Å². The summed E-state index contributed by atoms with van der Waals surface area (Å²) in [5.41, 5.74) is 7.68. The predicted octanol–water partition coefficient (Wildman–Crippen LogP) is -0.0259. The summed E-state index contributed by atoms with van der Waals surface area (Å²) in [6.45, 7) is 0.353. The van der Waals surface area contributed by atoms with Crippen molar-refractivity contribution in [2.45, 2.75) is 6.42 Å². The molecule has 0 radical (unpaired) electrons. The Labute approximate surface area is 92.9 Å². The molecule has 1 amide bonds. The van der Waals surface area contributed by atoms with Crippen LogP contribution in [0, 0.1) is 0 Å². The zero-order valence-corrected chi connectivity index (χ0v) is 9.65. The summed E-state index contributed by atoms with van der Waals surface area (Å²) in [6, 6.07) is 5.58. The van der Waals surface area contributed by atoms with Gasteiger partial charge >= 0.3 is 92.6 Å². The molecule has 0 fully saturated rings. The number of rotatable bonds is 3. The zero-order valence-electron chi connectivity index (χ0n) is 7.93. The first-order valence-electron chi connectivity index (χ1n) is 4.52. The van der Waals surface area contributed by atoms with Crippen LogP contribution in [-0.2, 0) is 4.79 Å². The van der Waals surface area contributed by atoms with Gasteiger partial charge in [-0.25, -0.2) is 0 Å². The fourth-order valence-corrected chi connectivity index (χ4v) is 2.40. The molecule has 0 aliphatic rings. The molecule has 1 aromatic carbocycles. The second-order valence-electron chi connectivity index (χ2n) is 3.02. The van der Waals surface area contributed by atoms with Gasteiger partial charge in [-0.05, 0) is 0 Å². The van der Waals surface area contributed by atoms with Gasteiger partial charge in [-0.15, -0.1) is 0 Å². The van der Waals surface area contributed by atoms with Crippen LogP contribution < -0.4 is 11.1 Å². The summed E-state index contributed by atoms with van der Waals surface area (Å²) in [7, 11) is 0. The first-order chi connectivity index (χ1) is 7.31. The van der Waals surface area contributed by atoms with Crippen LogP contribution in [-0.4, -0.2) is 35.4 Å². The van der Waals surface area contributed by atoms with Gasteiger partial charge in [-0.3, -0.25) is 0 Å². The molecule has 0 spiro atoms. The topological polar surface area (TPSA) is 80.9 Å². The fourth-order valence-electron chi connectivity index (χ4n) is 1.25. The first-order valence-corrected chi connectivity index (χ1v) is 6.05. The first kappa shape index (κ1) is 10.3. The second-order valence-corrected chi connectivity index (χ2v) is 4.13. The van der Waals surface area contributed by atoms with E-state index in [2.05, 4.69) is 13.3 Å². The normalized spacial score (nSPS) is 10.5. The van der Waals surface area contributed by atoms with E-state index in [1.807, 2.05) is 18.2 Å². The van der Waals surface area contributed by atoms with Crippen molar-refractivity contribution >= 4 is 37.6 Å². The number of anilines is 1. The van der Waals surface area contributed by atoms with Gasteiger partial charge in [-0.1, -0.05) is 0 Å². The van der Waals surface area contributed by atoms with E-state index in [9.17, 15) is 4.79 Å². The SMILES string of the molecule is NCCC(=O)Nc1cccc2n[se]nc12. The molecule has 1 aromatic heterocycles. The average Bonchev–Trinajstić information content (AvgIpc) is 2.67. The Morgan fingerprint density at radius 3 is 3.13 bits per heavy atom. The third-order valence-electron chi connectivity index (χ3n) is 1.93. The number of hydrogen-bond acceptors (Lipinski definition) is 4. The predicted molar refractivity (Wildman–Crippen MR) is 58.8 cm³/mol. The third kappa shape index (κ3) is 2.23. The minimum atomic E-state index is -0.0829. The molecule has 15 heavy (non-hydrogen) atoms. The van der Waals surface area contributed by atoms with Crippen molar-refractivity contribution in [1.82, 2.24) is 7.96 Å². The van der Waals surface area contributed by atoms with Crippen LogP contribution in [0.5, 0.6) is 0 Å². The molecule has 2 aromatic rings. The van der Waals surface area contributed by atoms with Crippen molar-refractivity contribution in [3.8, 4) is 0 Å². The molecule has 0 aliphatic heterocycles. The van der Waals surface area contributed by atoms with Crippen molar-refractivity contribution < 1.29 is 4.79 Å². The monoisotopic (exact) mass is 270 g/mol. The maximum atomic E-state index is 11.4.